The molecule has 0 aliphatic carbocycles. The van der Waals surface area contributed by atoms with Crippen molar-refractivity contribution in [2.75, 3.05) is 37.1 Å². The van der Waals surface area contributed by atoms with Crippen LogP contribution < -0.4 is 24.4 Å². The van der Waals surface area contributed by atoms with Gasteiger partial charge in [0.25, 0.3) is 5.91 Å². The Morgan fingerprint density at radius 2 is 1.93 bits per heavy atom. The maximum atomic E-state index is 12.6. The van der Waals surface area contributed by atoms with Crippen LogP contribution in [0.5, 0.6) is 17.2 Å². The Morgan fingerprint density at radius 3 is 2.63 bits per heavy atom. The number of nitrogens with one attached hydrogen (secondary N) is 1. The van der Waals surface area contributed by atoms with Crippen LogP contribution >= 0.6 is 0 Å². The summed E-state index contributed by atoms with van der Waals surface area (Å²) in [6, 6.07) is 10.5. The maximum Gasteiger partial charge on any atom is 0.255 e. The number of carbonyl (C=O) groups is 2. The lowest BCUT2D eigenvalue weighted by molar-refractivity contribution is -0.117. The summed E-state index contributed by atoms with van der Waals surface area (Å²) in [6.07, 6.45) is 1.47. The Labute approximate surface area is 156 Å². The van der Waals surface area contributed by atoms with Crippen LogP contribution in [-0.2, 0) is 4.79 Å². The third-order valence-electron chi connectivity index (χ3n) is 4.60. The van der Waals surface area contributed by atoms with Crippen molar-refractivity contribution in [3.63, 3.8) is 0 Å². The monoisotopic (exact) mass is 368 g/mol. The fraction of sp³-hybridized carbons (Fsp3) is 0.300. The average Bonchev–Trinajstić information content (AvgIpc) is 3.13. The van der Waals surface area contributed by atoms with Gasteiger partial charge in [-0.1, -0.05) is 0 Å². The summed E-state index contributed by atoms with van der Waals surface area (Å²) < 4.78 is 16.4. The van der Waals surface area contributed by atoms with Crippen LogP contribution in [0.25, 0.3) is 0 Å². The van der Waals surface area contributed by atoms with E-state index < -0.39 is 0 Å². The minimum atomic E-state index is -0.282. The SMILES string of the molecule is COc1cc(C(=O)Nc2ccc(N3CCCC3=O)cc2)cc2c1OCCO2. The Kier molecular flexibility index (Phi) is 4.58. The second kappa shape index (κ2) is 7.19. The van der Waals surface area contributed by atoms with E-state index in [4.69, 9.17) is 14.2 Å². The first kappa shape index (κ1) is 17.2. The molecule has 0 unspecified atom stereocenters. The number of benzene rings is 2. The van der Waals surface area contributed by atoms with Crippen molar-refractivity contribution in [1.29, 1.82) is 0 Å². The Balaban J connectivity index is 1.51. The number of rotatable bonds is 4. The van der Waals surface area contributed by atoms with E-state index in [2.05, 4.69) is 5.32 Å². The zero-order valence-corrected chi connectivity index (χ0v) is 15.0. The van der Waals surface area contributed by atoms with E-state index in [1.54, 1.807) is 29.2 Å². The number of ether oxygens (including phenoxy) is 3. The van der Waals surface area contributed by atoms with Crippen LogP contribution in [0.15, 0.2) is 36.4 Å². The van der Waals surface area contributed by atoms with Crippen molar-refractivity contribution >= 4 is 23.2 Å². The minimum Gasteiger partial charge on any atom is -0.493 e. The standard InChI is InChI=1S/C20H20N2O5/c1-25-16-11-13(12-17-19(16)27-10-9-26-17)20(24)21-14-4-6-15(7-5-14)22-8-2-3-18(22)23/h4-7,11-12H,2-3,8-10H2,1H3,(H,21,24). The third kappa shape index (κ3) is 3.40. The lowest BCUT2D eigenvalue weighted by atomic mass is 10.1. The number of carbonyl (C=O) groups excluding carboxylic acids is 2. The van der Waals surface area contributed by atoms with E-state index in [9.17, 15) is 9.59 Å². The number of nitrogens with zero attached hydrogens (tertiary/aromatic N) is 1. The highest BCUT2D eigenvalue weighted by Gasteiger charge is 2.22. The van der Waals surface area contributed by atoms with Gasteiger partial charge in [-0.3, -0.25) is 9.59 Å². The fourth-order valence-electron chi connectivity index (χ4n) is 3.25. The molecule has 0 spiro atoms. The van der Waals surface area contributed by atoms with E-state index in [1.165, 1.54) is 7.11 Å². The molecule has 2 aromatic rings. The molecule has 2 heterocycles. The highest BCUT2D eigenvalue weighted by molar-refractivity contribution is 6.05. The number of hydrogen-bond acceptors (Lipinski definition) is 5. The van der Waals surface area contributed by atoms with E-state index >= 15 is 0 Å². The number of amides is 2. The summed E-state index contributed by atoms with van der Waals surface area (Å²) in [4.78, 5) is 26.2. The molecule has 27 heavy (non-hydrogen) atoms. The van der Waals surface area contributed by atoms with Crippen molar-refractivity contribution in [1.82, 2.24) is 0 Å². The molecule has 7 heteroatoms. The van der Waals surface area contributed by atoms with Gasteiger partial charge in [0.2, 0.25) is 11.7 Å². The van der Waals surface area contributed by atoms with E-state index in [0.717, 1.165) is 18.7 Å². The number of hydrogen-bond donors (Lipinski definition) is 1. The van der Waals surface area contributed by atoms with Crippen LogP contribution in [0, 0.1) is 0 Å². The predicted molar refractivity (Wildman–Crippen MR) is 100.0 cm³/mol. The van der Waals surface area contributed by atoms with Gasteiger partial charge in [0, 0.05) is 29.9 Å². The van der Waals surface area contributed by atoms with E-state index in [0.29, 0.717) is 48.1 Å². The highest BCUT2D eigenvalue weighted by atomic mass is 16.6. The Hall–Kier alpha value is -3.22. The van der Waals surface area contributed by atoms with Crippen molar-refractivity contribution in [3.8, 4) is 17.2 Å². The largest absolute Gasteiger partial charge is 0.493 e. The van der Waals surface area contributed by atoms with Crippen LogP contribution in [0.3, 0.4) is 0 Å². The summed E-state index contributed by atoms with van der Waals surface area (Å²) in [5.74, 6) is 1.32. The van der Waals surface area contributed by atoms with Gasteiger partial charge in [0.15, 0.2) is 11.5 Å². The average molecular weight is 368 g/mol. The van der Waals surface area contributed by atoms with Crippen molar-refractivity contribution in [2.24, 2.45) is 0 Å². The van der Waals surface area contributed by atoms with E-state index in [1.807, 2.05) is 12.1 Å². The van der Waals surface area contributed by atoms with Crippen molar-refractivity contribution in [2.45, 2.75) is 12.8 Å². The van der Waals surface area contributed by atoms with Crippen LogP contribution in [0.4, 0.5) is 11.4 Å². The quantitative estimate of drug-likeness (QED) is 0.898. The van der Waals surface area contributed by atoms with Crippen molar-refractivity contribution < 1.29 is 23.8 Å². The van der Waals surface area contributed by atoms with Gasteiger partial charge in [-0.15, -0.1) is 0 Å². The molecule has 1 fully saturated rings. The first-order chi connectivity index (χ1) is 13.2. The van der Waals surface area contributed by atoms with Gasteiger partial charge < -0.3 is 24.4 Å². The molecule has 0 radical (unpaired) electrons. The fourth-order valence-corrected chi connectivity index (χ4v) is 3.25. The van der Waals surface area contributed by atoms with Gasteiger partial charge in [-0.05, 0) is 42.8 Å². The van der Waals surface area contributed by atoms with Gasteiger partial charge in [0.1, 0.15) is 13.2 Å². The van der Waals surface area contributed by atoms with Gasteiger partial charge in [-0.2, -0.15) is 0 Å². The third-order valence-corrected chi connectivity index (χ3v) is 4.60. The topological polar surface area (TPSA) is 77.1 Å². The molecule has 0 bridgehead atoms. The molecule has 1 N–H and O–H groups in total. The molecule has 2 aliphatic heterocycles. The number of anilines is 2. The molecule has 2 amide bonds. The van der Waals surface area contributed by atoms with Crippen LogP contribution in [-0.4, -0.2) is 38.7 Å². The molecule has 0 atom stereocenters. The molecule has 0 saturated carbocycles. The minimum absolute atomic E-state index is 0.134. The maximum absolute atomic E-state index is 12.6. The second-order valence-corrected chi connectivity index (χ2v) is 6.35. The zero-order chi connectivity index (χ0) is 18.8. The van der Waals surface area contributed by atoms with Crippen LogP contribution in [0.2, 0.25) is 0 Å². The molecule has 0 aromatic heterocycles. The number of methoxy groups -OCH3 is 1. The highest BCUT2D eigenvalue weighted by Crippen LogP contribution is 2.40. The first-order valence-corrected chi connectivity index (χ1v) is 8.85. The molecule has 1 saturated heterocycles. The molecule has 4 rings (SSSR count). The Bertz CT molecular complexity index is 861. The van der Waals surface area contributed by atoms with Gasteiger partial charge in [-0.25, -0.2) is 0 Å². The Morgan fingerprint density at radius 1 is 1.15 bits per heavy atom. The predicted octanol–water partition coefficient (Wildman–Crippen LogP) is 2.85. The summed E-state index contributed by atoms with van der Waals surface area (Å²) in [5, 5.41) is 2.85. The summed E-state index contributed by atoms with van der Waals surface area (Å²) in [6.45, 7) is 1.61. The molecular weight excluding hydrogens is 348 g/mol. The molecule has 140 valence electrons. The normalized spacial score (nSPS) is 15.6. The number of fused-ring (bicyclic) bond motifs is 1. The summed E-state index contributed by atoms with van der Waals surface area (Å²) in [5.41, 5.74) is 1.90. The molecular formula is C20H20N2O5. The lowest BCUT2D eigenvalue weighted by Gasteiger charge is -2.21. The second-order valence-electron chi connectivity index (χ2n) is 6.35. The summed E-state index contributed by atoms with van der Waals surface area (Å²) >= 11 is 0. The first-order valence-electron chi connectivity index (χ1n) is 8.85. The molecule has 2 aliphatic rings. The van der Waals surface area contributed by atoms with E-state index in [-0.39, 0.29) is 11.8 Å². The van der Waals surface area contributed by atoms with Crippen LogP contribution in [0.1, 0.15) is 23.2 Å². The van der Waals surface area contributed by atoms with Crippen molar-refractivity contribution in [3.05, 3.63) is 42.0 Å². The smallest absolute Gasteiger partial charge is 0.255 e. The summed E-state index contributed by atoms with van der Waals surface area (Å²) in [7, 11) is 1.52. The zero-order valence-electron chi connectivity index (χ0n) is 15.0. The van der Waals surface area contributed by atoms with Gasteiger partial charge in [0.05, 0.1) is 7.11 Å². The lowest BCUT2D eigenvalue weighted by Crippen LogP contribution is -2.23. The molecule has 7 nitrogen and oxygen atoms in total. The molecule has 2 aromatic carbocycles. The van der Waals surface area contributed by atoms with Gasteiger partial charge >= 0.3 is 0 Å².